The van der Waals surface area contributed by atoms with E-state index in [-0.39, 0.29) is 29.0 Å². The van der Waals surface area contributed by atoms with Crippen LogP contribution in [-0.4, -0.2) is 26.9 Å². The highest BCUT2D eigenvalue weighted by Crippen LogP contribution is 2.35. The van der Waals surface area contributed by atoms with Gasteiger partial charge in [-0.1, -0.05) is 52.6 Å². The first-order valence-electron chi connectivity index (χ1n) is 10.6. The molecule has 0 amide bonds. The minimum Gasteiger partial charge on any atom is -0.483 e. The van der Waals surface area contributed by atoms with Gasteiger partial charge in [-0.15, -0.1) is 0 Å². The lowest BCUT2D eigenvalue weighted by Crippen LogP contribution is -2.24. The van der Waals surface area contributed by atoms with E-state index in [1.807, 2.05) is 33.8 Å². The molecule has 0 bridgehead atoms. The van der Waals surface area contributed by atoms with Crippen molar-refractivity contribution in [3.8, 4) is 5.75 Å². The summed E-state index contributed by atoms with van der Waals surface area (Å²) in [5.74, 6) is 0.592. The number of aromatic nitrogens is 2. The summed E-state index contributed by atoms with van der Waals surface area (Å²) in [7, 11) is 0. The second-order valence-electron chi connectivity index (χ2n) is 7.74. The molecule has 10 heteroatoms. The van der Waals surface area contributed by atoms with Gasteiger partial charge in [0.15, 0.2) is 0 Å². The Labute approximate surface area is 208 Å². The molecule has 0 saturated heterocycles. The zero-order valence-electron chi connectivity index (χ0n) is 18.7. The Morgan fingerprint density at radius 3 is 2.55 bits per heavy atom. The normalized spacial score (nSPS) is 13.4. The van der Waals surface area contributed by atoms with Crippen LogP contribution in [0.3, 0.4) is 0 Å². The molecule has 33 heavy (non-hydrogen) atoms. The fourth-order valence-electron chi connectivity index (χ4n) is 3.14. The van der Waals surface area contributed by atoms with E-state index in [1.54, 1.807) is 18.2 Å². The van der Waals surface area contributed by atoms with Crippen molar-refractivity contribution in [2.24, 2.45) is 5.10 Å². The molecule has 0 aliphatic rings. The molecule has 0 aliphatic heterocycles. The van der Waals surface area contributed by atoms with Gasteiger partial charge in [-0.3, -0.25) is 14.9 Å². The summed E-state index contributed by atoms with van der Waals surface area (Å²) in [6, 6.07) is 8.39. The van der Waals surface area contributed by atoms with Gasteiger partial charge in [-0.25, -0.2) is 4.98 Å². The molecule has 0 unspecified atom stereocenters. The van der Waals surface area contributed by atoms with Crippen LogP contribution in [0.4, 0.5) is 5.69 Å². The SMILES string of the molecule is CC[C@H](C)Oc1c(C=Nn2c([C@@H](C)CC)nc3ccc(Br)cc3c2=O)cc(Br)cc1[N+](=O)[O-]. The number of fused-ring (bicyclic) bond motifs is 1. The Hall–Kier alpha value is -2.59. The summed E-state index contributed by atoms with van der Waals surface area (Å²) < 4.78 is 8.41. The van der Waals surface area contributed by atoms with E-state index in [0.29, 0.717) is 33.2 Å². The molecule has 0 N–H and O–H groups in total. The molecule has 3 aromatic rings. The van der Waals surface area contributed by atoms with Crippen molar-refractivity contribution >= 4 is 54.7 Å². The first-order chi connectivity index (χ1) is 15.7. The minimum absolute atomic E-state index is 0.0319. The van der Waals surface area contributed by atoms with Gasteiger partial charge in [0.1, 0.15) is 5.82 Å². The summed E-state index contributed by atoms with van der Waals surface area (Å²) >= 11 is 6.72. The summed E-state index contributed by atoms with van der Waals surface area (Å²) in [4.78, 5) is 29.2. The smallest absolute Gasteiger partial charge is 0.312 e. The van der Waals surface area contributed by atoms with Crippen molar-refractivity contribution in [1.82, 2.24) is 9.66 Å². The van der Waals surface area contributed by atoms with Gasteiger partial charge in [0.05, 0.1) is 28.1 Å². The van der Waals surface area contributed by atoms with Crippen molar-refractivity contribution in [2.75, 3.05) is 0 Å². The Morgan fingerprint density at radius 2 is 1.91 bits per heavy atom. The number of nitro groups is 1. The van der Waals surface area contributed by atoms with Gasteiger partial charge in [-0.05, 0) is 44.0 Å². The quantitative estimate of drug-likeness (QED) is 0.174. The molecular formula is C23H24Br2N4O4. The minimum atomic E-state index is -0.494. The number of rotatable bonds is 8. The number of ether oxygens (including phenoxy) is 1. The summed E-state index contributed by atoms with van der Waals surface area (Å²) in [6.07, 6.45) is 2.60. The number of halogens is 2. The first kappa shape index (κ1) is 25.0. The Morgan fingerprint density at radius 1 is 1.18 bits per heavy atom. The maximum absolute atomic E-state index is 13.3. The van der Waals surface area contributed by atoms with Gasteiger partial charge in [0, 0.05) is 26.5 Å². The van der Waals surface area contributed by atoms with E-state index in [1.165, 1.54) is 17.0 Å². The molecule has 8 nitrogen and oxygen atoms in total. The van der Waals surface area contributed by atoms with Crippen molar-refractivity contribution in [3.05, 3.63) is 71.1 Å². The lowest BCUT2D eigenvalue weighted by atomic mass is 10.1. The van der Waals surface area contributed by atoms with Crippen LogP contribution in [-0.2, 0) is 0 Å². The first-order valence-corrected chi connectivity index (χ1v) is 12.2. The number of hydrogen-bond donors (Lipinski definition) is 0. The third-order valence-corrected chi connectivity index (χ3v) is 6.30. The van der Waals surface area contributed by atoms with Crippen LogP contribution >= 0.6 is 31.9 Å². The molecule has 1 aromatic heterocycles. The highest BCUT2D eigenvalue weighted by atomic mass is 79.9. The molecule has 0 fully saturated rings. The van der Waals surface area contributed by atoms with Crippen LogP contribution < -0.4 is 10.3 Å². The monoisotopic (exact) mass is 578 g/mol. The molecule has 0 radical (unpaired) electrons. The van der Waals surface area contributed by atoms with Gasteiger partial charge in [0.25, 0.3) is 5.56 Å². The molecule has 0 spiro atoms. The van der Waals surface area contributed by atoms with E-state index >= 15 is 0 Å². The second-order valence-corrected chi connectivity index (χ2v) is 9.57. The Balaban J connectivity index is 2.24. The molecule has 2 aromatic carbocycles. The van der Waals surface area contributed by atoms with Crippen LogP contribution in [0.25, 0.3) is 10.9 Å². The molecule has 2 atom stereocenters. The van der Waals surface area contributed by atoms with E-state index in [9.17, 15) is 14.9 Å². The van der Waals surface area contributed by atoms with Crippen molar-refractivity contribution in [2.45, 2.75) is 52.6 Å². The highest BCUT2D eigenvalue weighted by Gasteiger charge is 2.22. The maximum Gasteiger partial charge on any atom is 0.312 e. The lowest BCUT2D eigenvalue weighted by molar-refractivity contribution is -0.386. The zero-order chi connectivity index (χ0) is 24.3. The van der Waals surface area contributed by atoms with Crippen LogP contribution in [0.15, 0.2) is 49.2 Å². The molecule has 0 aliphatic carbocycles. The number of nitrogens with zero attached hydrogens (tertiary/aromatic N) is 4. The fourth-order valence-corrected chi connectivity index (χ4v) is 3.97. The lowest BCUT2D eigenvalue weighted by Gasteiger charge is -2.16. The van der Waals surface area contributed by atoms with Crippen LogP contribution in [0.2, 0.25) is 0 Å². The molecule has 1 heterocycles. The zero-order valence-corrected chi connectivity index (χ0v) is 21.9. The van der Waals surface area contributed by atoms with Gasteiger partial charge in [0.2, 0.25) is 5.75 Å². The van der Waals surface area contributed by atoms with E-state index in [0.717, 1.165) is 10.9 Å². The van der Waals surface area contributed by atoms with Crippen LogP contribution in [0, 0.1) is 10.1 Å². The van der Waals surface area contributed by atoms with Gasteiger partial charge >= 0.3 is 5.69 Å². The van der Waals surface area contributed by atoms with E-state index in [2.05, 4.69) is 41.9 Å². The number of benzene rings is 2. The predicted molar refractivity (Wildman–Crippen MR) is 137 cm³/mol. The third-order valence-electron chi connectivity index (χ3n) is 5.35. The number of hydrogen-bond acceptors (Lipinski definition) is 6. The van der Waals surface area contributed by atoms with Crippen molar-refractivity contribution in [1.29, 1.82) is 0 Å². The Kier molecular flexibility index (Phi) is 8.01. The van der Waals surface area contributed by atoms with Gasteiger partial charge in [-0.2, -0.15) is 9.78 Å². The molecule has 174 valence electrons. The molecule has 0 saturated carbocycles. The summed E-state index contributed by atoms with van der Waals surface area (Å²) in [5.41, 5.74) is 0.472. The average molecular weight is 580 g/mol. The largest absolute Gasteiger partial charge is 0.483 e. The van der Waals surface area contributed by atoms with Crippen molar-refractivity contribution < 1.29 is 9.66 Å². The summed E-state index contributed by atoms with van der Waals surface area (Å²) in [6.45, 7) is 7.75. The third kappa shape index (κ3) is 5.50. The van der Waals surface area contributed by atoms with Crippen LogP contribution in [0.5, 0.6) is 5.75 Å². The topological polar surface area (TPSA) is 99.6 Å². The van der Waals surface area contributed by atoms with Crippen LogP contribution in [0.1, 0.15) is 57.8 Å². The van der Waals surface area contributed by atoms with E-state index in [4.69, 9.17) is 4.74 Å². The number of nitro benzene ring substituents is 1. The predicted octanol–water partition coefficient (Wildman–Crippen LogP) is 6.40. The molecule has 3 rings (SSSR count). The maximum atomic E-state index is 13.3. The highest BCUT2D eigenvalue weighted by molar-refractivity contribution is 9.10. The summed E-state index contributed by atoms with van der Waals surface area (Å²) in [5, 5.41) is 16.5. The van der Waals surface area contributed by atoms with E-state index < -0.39 is 4.92 Å². The Bertz CT molecular complexity index is 1290. The second kappa shape index (κ2) is 10.6. The molecular weight excluding hydrogens is 556 g/mol. The van der Waals surface area contributed by atoms with Gasteiger partial charge < -0.3 is 4.74 Å². The van der Waals surface area contributed by atoms with Crippen molar-refractivity contribution in [3.63, 3.8) is 0 Å². The standard InChI is InChI=1S/C23H24Br2N4O4/c1-5-13(3)22-27-19-8-7-16(24)10-18(19)23(30)28(22)26-12-15-9-17(25)11-20(29(31)32)21(15)33-14(4)6-2/h7-14H,5-6H2,1-4H3/t13-,14-/m0/s1. The average Bonchev–Trinajstić information content (AvgIpc) is 2.79. The fraction of sp³-hybridized carbons (Fsp3) is 0.348.